The molecule has 3 aliphatic heterocycles. The molecule has 3 heterocycles. The number of nitrogens with zero attached hydrogens (tertiary/aromatic N) is 2. The third kappa shape index (κ3) is 3.85. The monoisotopic (exact) mass is 413 g/mol. The fourth-order valence-electron chi connectivity index (χ4n) is 3.90. The Bertz CT molecular complexity index is 756. The van der Waals surface area contributed by atoms with Gasteiger partial charge in [0.15, 0.2) is 0 Å². The van der Waals surface area contributed by atoms with E-state index in [-0.39, 0.29) is 47.6 Å². The molecule has 148 valence electrons. The van der Waals surface area contributed by atoms with Crippen LogP contribution in [-0.4, -0.2) is 71.6 Å². The number of nitrogens with one attached hydrogen (secondary N) is 1. The van der Waals surface area contributed by atoms with Gasteiger partial charge in [0.25, 0.3) is 5.91 Å². The van der Waals surface area contributed by atoms with Crippen LogP contribution in [0.2, 0.25) is 0 Å². The molecule has 0 radical (unpaired) electrons. The van der Waals surface area contributed by atoms with Gasteiger partial charge in [0.2, 0.25) is 5.91 Å². The largest absolute Gasteiger partial charge is 1.00 e. The third-order valence-electron chi connectivity index (χ3n) is 4.92. The smallest absolute Gasteiger partial charge is 0.543 e. The van der Waals surface area contributed by atoms with Gasteiger partial charge < -0.3 is 29.8 Å². The summed E-state index contributed by atoms with van der Waals surface area (Å²) in [6.45, 7) is -0.673. The summed E-state index contributed by atoms with van der Waals surface area (Å²) in [5.74, 6) is -3.03. The zero-order valence-electron chi connectivity index (χ0n) is 15.0. The summed E-state index contributed by atoms with van der Waals surface area (Å²) >= 11 is 0. The van der Waals surface area contributed by atoms with Gasteiger partial charge in [0, 0.05) is 19.4 Å². The number of carboxylic acid groups (broad SMARTS) is 1. The van der Waals surface area contributed by atoms with Crippen molar-refractivity contribution in [3.8, 4) is 0 Å². The fraction of sp³-hybridized carbons (Fsp3) is 0.600. The number of carboxylic acids is 1. The molecule has 0 spiro atoms. The zero-order chi connectivity index (χ0) is 20.1. The van der Waals surface area contributed by atoms with Crippen molar-refractivity contribution in [3.63, 3.8) is 0 Å². The minimum absolute atomic E-state index is 0. The number of carbonyl (C=O) groups is 4. The van der Waals surface area contributed by atoms with E-state index < -0.39 is 61.0 Å². The molecule has 9 nitrogen and oxygen atoms in total. The summed E-state index contributed by atoms with van der Waals surface area (Å²) in [7, 11) is 0. The molecule has 28 heavy (non-hydrogen) atoms. The van der Waals surface area contributed by atoms with Crippen LogP contribution in [0.1, 0.15) is 13.3 Å². The molecule has 3 rings (SSSR count). The summed E-state index contributed by atoms with van der Waals surface area (Å²) in [5.41, 5.74) is -0.346. The second-order valence-corrected chi connectivity index (χ2v) is 6.46. The number of likely N-dealkylation sites (tertiary alicyclic amines) is 1. The van der Waals surface area contributed by atoms with Gasteiger partial charge in [-0.2, -0.15) is 13.2 Å². The maximum absolute atomic E-state index is 12.3. The Morgan fingerprint density at radius 3 is 2.50 bits per heavy atom. The van der Waals surface area contributed by atoms with Crippen molar-refractivity contribution < 1.29 is 71.8 Å². The third-order valence-corrected chi connectivity index (χ3v) is 4.92. The van der Waals surface area contributed by atoms with Crippen molar-refractivity contribution in [2.75, 3.05) is 19.7 Å². The van der Waals surface area contributed by atoms with Crippen LogP contribution < -0.4 is 40.0 Å². The summed E-state index contributed by atoms with van der Waals surface area (Å²) in [6, 6.07) is -1.40. The minimum atomic E-state index is -4.62. The Morgan fingerprint density at radius 2 is 1.96 bits per heavy atom. The van der Waals surface area contributed by atoms with Crippen LogP contribution in [-0.2, 0) is 19.1 Å². The molecule has 0 aliphatic carbocycles. The number of hydrogen-bond donors (Lipinski definition) is 1. The van der Waals surface area contributed by atoms with E-state index in [1.165, 1.54) is 17.1 Å². The summed E-state index contributed by atoms with van der Waals surface area (Å²) < 4.78 is 41.0. The number of amides is 3. The Labute approximate surface area is 179 Å². The number of β-lactam (4-membered cyclic amide) rings is 1. The van der Waals surface area contributed by atoms with E-state index in [1.807, 2.05) is 0 Å². The van der Waals surface area contributed by atoms with Gasteiger partial charge >= 0.3 is 41.8 Å². The normalized spacial score (nSPS) is 25.6. The van der Waals surface area contributed by atoms with Gasteiger partial charge in [-0.3, -0.25) is 9.59 Å². The van der Waals surface area contributed by atoms with Crippen molar-refractivity contribution in [1.82, 2.24) is 15.1 Å². The molecule has 1 unspecified atom stereocenters. The van der Waals surface area contributed by atoms with Crippen LogP contribution in [0, 0.1) is 5.92 Å². The summed E-state index contributed by atoms with van der Waals surface area (Å²) in [5, 5.41) is 13.0. The van der Waals surface area contributed by atoms with Crippen molar-refractivity contribution in [1.29, 1.82) is 0 Å². The second-order valence-electron chi connectivity index (χ2n) is 6.46. The number of carbonyl (C=O) groups excluding carboxylic acids is 4. The molecule has 0 aromatic heterocycles. The fourth-order valence-corrected chi connectivity index (χ4v) is 3.90. The number of piperidine rings is 1. The van der Waals surface area contributed by atoms with Gasteiger partial charge in [0.05, 0.1) is 17.7 Å². The van der Waals surface area contributed by atoms with Gasteiger partial charge in [-0.25, -0.2) is 4.79 Å². The van der Waals surface area contributed by atoms with E-state index in [4.69, 9.17) is 4.74 Å². The van der Waals surface area contributed by atoms with Gasteiger partial charge in [-0.15, -0.1) is 0 Å². The number of aliphatic carboxylic acids is 1. The maximum atomic E-state index is 12.3. The van der Waals surface area contributed by atoms with E-state index in [2.05, 4.69) is 0 Å². The van der Waals surface area contributed by atoms with Crippen molar-refractivity contribution in [3.05, 3.63) is 11.3 Å². The first-order valence-corrected chi connectivity index (χ1v) is 8.05. The molecule has 3 atom stereocenters. The van der Waals surface area contributed by atoms with Crippen LogP contribution in [0.15, 0.2) is 11.3 Å². The molecule has 3 aliphatic rings. The number of alkyl carbamates (subject to hydrolysis) is 1. The molecule has 0 aromatic rings. The number of ether oxygens (including phenoxy) is 1. The molecule has 13 heteroatoms. The van der Waals surface area contributed by atoms with Crippen LogP contribution in [0.3, 0.4) is 0 Å². The number of halogens is 3. The SMILES string of the molecule is CC(=O)N1CCC2C(COC(=O)NCC(F)(F)F)=C(C(=O)[O-])N3C(=O)[C@@H]1[C@@H]23.[Na+]. The molecular weight excluding hydrogens is 398 g/mol. The first-order chi connectivity index (χ1) is 12.5. The molecule has 0 saturated carbocycles. The number of hydrogen-bond acceptors (Lipinski definition) is 6. The van der Waals surface area contributed by atoms with Crippen LogP contribution in [0.5, 0.6) is 0 Å². The average molecular weight is 413 g/mol. The Balaban J connectivity index is 0.00000280. The minimum Gasteiger partial charge on any atom is -0.543 e. The standard InChI is InChI=1S/C15H16F3N3O6.Na/c1-6(22)20-3-2-7-8(4-27-14(26)19-5-15(16,17)18)10(13(24)25)21-9(7)11(20)12(21)23;/h7,9,11H,2-5H2,1H3,(H,19,26)(H,24,25);/q;+1/p-1/t7?,9-,11+;/m1./s1. The topological polar surface area (TPSA) is 119 Å². The first-order valence-electron chi connectivity index (χ1n) is 8.05. The molecule has 1 N–H and O–H groups in total. The van der Waals surface area contributed by atoms with E-state index in [0.29, 0.717) is 6.42 Å². The van der Waals surface area contributed by atoms with Crippen LogP contribution >= 0.6 is 0 Å². The van der Waals surface area contributed by atoms with E-state index >= 15 is 0 Å². The first kappa shape index (κ1) is 22.5. The zero-order valence-corrected chi connectivity index (χ0v) is 17.0. The molecule has 2 saturated heterocycles. The van der Waals surface area contributed by atoms with Crippen molar-refractivity contribution >= 4 is 23.9 Å². The molecular formula is C15H15F3N3NaO6. The van der Waals surface area contributed by atoms with Gasteiger partial charge in [0.1, 0.15) is 19.2 Å². The van der Waals surface area contributed by atoms with Crippen LogP contribution in [0.4, 0.5) is 18.0 Å². The van der Waals surface area contributed by atoms with Gasteiger partial charge in [-0.05, 0) is 12.0 Å². The maximum Gasteiger partial charge on any atom is 1.00 e. The Morgan fingerprint density at radius 1 is 1.32 bits per heavy atom. The van der Waals surface area contributed by atoms with Crippen molar-refractivity contribution in [2.45, 2.75) is 31.6 Å². The predicted molar refractivity (Wildman–Crippen MR) is 77.4 cm³/mol. The summed E-state index contributed by atoms with van der Waals surface area (Å²) in [6.07, 6.45) is -5.66. The molecule has 0 bridgehead atoms. The quantitative estimate of drug-likeness (QED) is 0.368. The molecule has 2 fully saturated rings. The van der Waals surface area contributed by atoms with E-state index in [1.54, 1.807) is 0 Å². The van der Waals surface area contributed by atoms with Crippen LogP contribution in [0.25, 0.3) is 0 Å². The Hall–Kier alpha value is -1.79. The van der Waals surface area contributed by atoms with Gasteiger partial charge in [-0.1, -0.05) is 0 Å². The molecule has 0 aromatic carbocycles. The van der Waals surface area contributed by atoms with Crippen molar-refractivity contribution in [2.24, 2.45) is 5.92 Å². The number of alkyl halides is 3. The van der Waals surface area contributed by atoms with E-state index in [0.717, 1.165) is 4.90 Å². The molecule has 3 amide bonds. The second kappa shape index (κ2) is 7.91. The summed E-state index contributed by atoms with van der Waals surface area (Å²) in [4.78, 5) is 49.3. The predicted octanol–water partition coefficient (Wildman–Crippen LogP) is -4.26. The average Bonchev–Trinajstić information content (AvgIpc) is 2.89. The van der Waals surface area contributed by atoms with E-state index in [9.17, 15) is 37.5 Å². The number of rotatable bonds is 4. The Kier molecular flexibility index (Phi) is 6.36.